The van der Waals surface area contributed by atoms with Gasteiger partial charge in [0.15, 0.2) is 6.61 Å². The molecule has 1 amide bonds. The number of rotatable bonds is 9. The van der Waals surface area contributed by atoms with Gasteiger partial charge in [0.05, 0.1) is 0 Å². The number of aromatic nitrogens is 1. The van der Waals surface area contributed by atoms with Crippen LogP contribution in [0, 0.1) is 17.8 Å². The smallest absolute Gasteiger partial charge is 0.422 e. The van der Waals surface area contributed by atoms with E-state index in [0.29, 0.717) is 17.4 Å². The fourth-order valence-electron chi connectivity index (χ4n) is 3.24. The van der Waals surface area contributed by atoms with Crippen molar-refractivity contribution in [3.63, 3.8) is 0 Å². The van der Waals surface area contributed by atoms with E-state index in [0.717, 1.165) is 25.7 Å². The quantitative estimate of drug-likeness (QED) is 0.723. The Morgan fingerprint density at radius 2 is 2.20 bits per heavy atom. The molecule has 1 aliphatic rings. The highest BCUT2D eigenvalue weighted by atomic mass is 19.4. The first kappa shape index (κ1) is 19.5. The predicted octanol–water partition coefficient (Wildman–Crippen LogP) is 4.10. The first-order chi connectivity index (χ1) is 11.8. The van der Waals surface area contributed by atoms with Crippen molar-refractivity contribution >= 4 is 5.91 Å². The van der Waals surface area contributed by atoms with Crippen LogP contribution in [0.3, 0.4) is 0 Å². The number of hydrogen-bond acceptors (Lipinski definition) is 3. The lowest BCUT2D eigenvalue weighted by Crippen LogP contribution is -2.26. The standard InChI is InChI=1S/C18H25F3N2O2/c1-3-5-13(4-2)14-9-15(14)17(24)23-10-12-6-7-22-16(8-12)25-11-18(19,20)21/h6-8,13-15H,3-5,9-11H2,1-2H3,(H,23,24). The minimum Gasteiger partial charge on any atom is -0.468 e. The number of halogens is 3. The monoisotopic (exact) mass is 358 g/mol. The summed E-state index contributed by atoms with van der Waals surface area (Å²) in [4.78, 5) is 16.0. The van der Waals surface area contributed by atoms with Gasteiger partial charge in [-0.25, -0.2) is 4.98 Å². The summed E-state index contributed by atoms with van der Waals surface area (Å²) in [6.07, 6.45) is 1.27. The number of ether oxygens (including phenoxy) is 1. The zero-order valence-corrected chi connectivity index (χ0v) is 14.6. The zero-order chi connectivity index (χ0) is 18.4. The Kier molecular flexibility index (Phi) is 6.67. The summed E-state index contributed by atoms with van der Waals surface area (Å²) >= 11 is 0. The molecule has 140 valence electrons. The van der Waals surface area contributed by atoms with E-state index >= 15 is 0 Å². The Balaban J connectivity index is 1.80. The summed E-state index contributed by atoms with van der Waals surface area (Å²) in [6, 6.07) is 3.07. The van der Waals surface area contributed by atoms with E-state index in [1.165, 1.54) is 12.3 Å². The van der Waals surface area contributed by atoms with Crippen LogP contribution < -0.4 is 10.1 Å². The molecule has 3 atom stereocenters. The molecule has 1 heterocycles. The summed E-state index contributed by atoms with van der Waals surface area (Å²) in [5, 5.41) is 2.87. The third-order valence-corrected chi connectivity index (χ3v) is 4.62. The maximum atomic E-state index is 12.2. The van der Waals surface area contributed by atoms with Crippen LogP contribution in [0.5, 0.6) is 5.88 Å². The van der Waals surface area contributed by atoms with E-state index < -0.39 is 12.8 Å². The number of amides is 1. The highest BCUT2D eigenvalue weighted by molar-refractivity contribution is 5.81. The zero-order valence-electron chi connectivity index (χ0n) is 14.6. The maximum absolute atomic E-state index is 12.2. The van der Waals surface area contributed by atoms with Crippen LogP contribution in [0.4, 0.5) is 13.2 Å². The molecular formula is C18H25F3N2O2. The Labute approximate surface area is 146 Å². The molecule has 0 radical (unpaired) electrons. The fraction of sp³-hybridized carbons (Fsp3) is 0.667. The highest BCUT2D eigenvalue weighted by Crippen LogP contribution is 2.47. The van der Waals surface area contributed by atoms with Gasteiger partial charge in [-0.05, 0) is 29.9 Å². The maximum Gasteiger partial charge on any atom is 0.422 e. The normalized spacial score (nSPS) is 20.8. The van der Waals surface area contributed by atoms with E-state index in [1.54, 1.807) is 6.07 Å². The summed E-state index contributed by atoms with van der Waals surface area (Å²) in [5.74, 6) is 1.06. The Bertz CT molecular complexity index is 578. The molecule has 1 fully saturated rings. The van der Waals surface area contributed by atoms with Gasteiger partial charge in [0.1, 0.15) is 0 Å². The van der Waals surface area contributed by atoms with Crippen LogP contribution in [-0.2, 0) is 11.3 Å². The van der Waals surface area contributed by atoms with E-state index in [1.807, 2.05) is 0 Å². The molecular weight excluding hydrogens is 333 g/mol. The molecule has 0 saturated heterocycles. The van der Waals surface area contributed by atoms with Crippen molar-refractivity contribution in [3.05, 3.63) is 23.9 Å². The minimum atomic E-state index is -4.40. The van der Waals surface area contributed by atoms with E-state index in [4.69, 9.17) is 0 Å². The van der Waals surface area contributed by atoms with Crippen molar-refractivity contribution in [2.45, 2.75) is 52.3 Å². The molecule has 0 aliphatic heterocycles. The van der Waals surface area contributed by atoms with Crippen LogP contribution in [0.1, 0.15) is 45.1 Å². The first-order valence-corrected chi connectivity index (χ1v) is 8.76. The van der Waals surface area contributed by atoms with Crippen LogP contribution >= 0.6 is 0 Å². The Hall–Kier alpha value is -1.79. The number of alkyl halides is 3. The number of nitrogens with zero attached hydrogens (tertiary/aromatic N) is 1. The number of pyridine rings is 1. The highest BCUT2D eigenvalue weighted by Gasteiger charge is 2.46. The van der Waals surface area contributed by atoms with E-state index in [2.05, 4.69) is 28.9 Å². The molecule has 3 unspecified atom stereocenters. The molecule has 1 aromatic heterocycles. The van der Waals surface area contributed by atoms with Gasteiger partial charge in [-0.15, -0.1) is 0 Å². The lowest BCUT2D eigenvalue weighted by molar-refractivity contribution is -0.154. The lowest BCUT2D eigenvalue weighted by atomic mass is 9.94. The molecule has 7 heteroatoms. The van der Waals surface area contributed by atoms with E-state index in [9.17, 15) is 18.0 Å². The van der Waals surface area contributed by atoms with Crippen molar-refractivity contribution in [3.8, 4) is 5.88 Å². The molecule has 0 bridgehead atoms. The molecule has 1 aromatic rings. The molecule has 4 nitrogen and oxygen atoms in total. The number of carbonyl (C=O) groups is 1. The van der Waals surface area contributed by atoms with Crippen LogP contribution in [0.25, 0.3) is 0 Å². The summed E-state index contributed by atoms with van der Waals surface area (Å²) < 4.78 is 41.1. The van der Waals surface area contributed by atoms with E-state index in [-0.39, 0.29) is 24.2 Å². The molecule has 1 aliphatic carbocycles. The summed E-state index contributed by atoms with van der Waals surface area (Å²) in [5.41, 5.74) is 0.665. The molecule has 0 aromatic carbocycles. The average Bonchev–Trinajstić information content (AvgIpc) is 3.36. The van der Waals surface area contributed by atoms with Gasteiger partial charge >= 0.3 is 6.18 Å². The van der Waals surface area contributed by atoms with Gasteiger partial charge in [-0.1, -0.05) is 33.1 Å². The van der Waals surface area contributed by atoms with Gasteiger partial charge in [0.25, 0.3) is 0 Å². The van der Waals surface area contributed by atoms with Gasteiger partial charge in [-0.3, -0.25) is 4.79 Å². The molecule has 1 saturated carbocycles. The number of nitrogens with one attached hydrogen (secondary N) is 1. The molecule has 1 N–H and O–H groups in total. The van der Waals surface area contributed by atoms with Crippen LogP contribution in [0.15, 0.2) is 18.3 Å². The molecule has 0 spiro atoms. The second-order valence-electron chi connectivity index (χ2n) is 6.59. The Morgan fingerprint density at radius 1 is 1.44 bits per heavy atom. The molecule has 2 rings (SSSR count). The van der Waals surface area contributed by atoms with Gasteiger partial charge in [0, 0.05) is 24.7 Å². The second kappa shape index (κ2) is 8.54. The molecule has 25 heavy (non-hydrogen) atoms. The fourth-order valence-corrected chi connectivity index (χ4v) is 3.24. The van der Waals surface area contributed by atoms with Gasteiger partial charge < -0.3 is 10.1 Å². The van der Waals surface area contributed by atoms with Gasteiger partial charge in [-0.2, -0.15) is 13.2 Å². The summed E-state index contributed by atoms with van der Waals surface area (Å²) in [6.45, 7) is 3.20. The second-order valence-corrected chi connectivity index (χ2v) is 6.59. The largest absolute Gasteiger partial charge is 0.468 e. The number of carbonyl (C=O) groups excluding carboxylic acids is 1. The average molecular weight is 358 g/mol. The third kappa shape index (κ3) is 6.21. The topological polar surface area (TPSA) is 51.2 Å². The van der Waals surface area contributed by atoms with Crippen LogP contribution in [0.2, 0.25) is 0 Å². The predicted molar refractivity (Wildman–Crippen MR) is 87.9 cm³/mol. The van der Waals surface area contributed by atoms with Crippen molar-refractivity contribution in [2.24, 2.45) is 17.8 Å². The third-order valence-electron chi connectivity index (χ3n) is 4.62. The van der Waals surface area contributed by atoms with Crippen molar-refractivity contribution < 1.29 is 22.7 Å². The first-order valence-electron chi connectivity index (χ1n) is 8.76. The minimum absolute atomic E-state index is 0.0223. The van der Waals surface area contributed by atoms with Crippen LogP contribution in [-0.4, -0.2) is 23.7 Å². The van der Waals surface area contributed by atoms with Gasteiger partial charge in [0.2, 0.25) is 11.8 Å². The Morgan fingerprint density at radius 3 is 2.84 bits per heavy atom. The van der Waals surface area contributed by atoms with Crippen molar-refractivity contribution in [1.82, 2.24) is 10.3 Å². The SMILES string of the molecule is CCCC(CC)C1CC1C(=O)NCc1ccnc(OCC(F)(F)F)c1. The summed E-state index contributed by atoms with van der Waals surface area (Å²) in [7, 11) is 0. The number of hydrogen-bond donors (Lipinski definition) is 1. The lowest BCUT2D eigenvalue weighted by Gasteiger charge is -2.13. The van der Waals surface area contributed by atoms with Crippen molar-refractivity contribution in [1.29, 1.82) is 0 Å². The van der Waals surface area contributed by atoms with Crippen molar-refractivity contribution in [2.75, 3.05) is 6.61 Å².